The average Bonchev–Trinajstić information content (AvgIpc) is 1.24. The number of para-hydroxylation sites is 1. The molecule has 4 heterocycles. The molecule has 0 saturated heterocycles. The molecule has 2 aromatic heterocycles. The summed E-state index contributed by atoms with van der Waals surface area (Å²) < 4.78 is 39.6. The van der Waals surface area contributed by atoms with E-state index in [2.05, 4.69) is 370 Å². The van der Waals surface area contributed by atoms with Crippen molar-refractivity contribution < 1.29 is 4.11 Å². The van der Waals surface area contributed by atoms with E-state index in [9.17, 15) is 4.11 Å². The van der Waals surface area contributed by atoms with Gasteiger partial charge in [0.05, 0.1) is 32.2 Å². The number of anilines is 6. The molecule has 0 fully saturated rings. The summed E-state index contributed by atoms with van der Waals surface area (Å²) in [5.41, 5.74) is 21.3. The minimum absolute atomic E-state index is 0.00137. The quantitative estimate of drug-likeness (QED) is 0.116. The van der Waals surface area contributed by atoms with Gasteiger partial charge in [-0.25, -0.2) is 0 Å². The van der Waals surface area contributed by atoms with Gasteiger partial charge in [-0.2, -0.15) is 0 Å². The number of hydrogen-bond acceptors (Lipinski definition) is 3. The molecule has 516 valence electrons. The highest BCUT2D eigenvalue weighted by Crippen LogP contribution is 2.58. The van der Waals surface area contributed by atoms with Crippen LogP contribution in [-0.4, -0.2) is 11.3 Å². The predicted molar refractivity (Wildman–Crippen MR) is 465 cm³/mol. The summed E-state index contributed by atoms with van der Waals surface area (Å²) in [6.07, 6.45) is 0. The molecule has 20 rings (SSSR count). The third-order valence-electron chi connectivity index (χ3n) is 23.4. The van der Waals surface area contributed by atoms with Gasteiger partial charge in [-0.1, -0.05) is 308 Å². The van der Waals surface area contributed by atoms with Crippen LogP contribution in [0.1, 0.15) is 109 Å². The van der Waals surface area contributed by atoms with Gasteiger partial charge < -0.3 is 14.4 Å². The van der Waals surface area contributed by atoms with E-state index in [1.807, 2.05) is 11.3 Å². The molecule has 18 aromatic rings. The third-order valence-corrected chi connectivity index (χ3v) is 24.6. The first kappa shape index (κ1) is 61.8. The highest BCUT2D eigenvalue weighted by Gasteiger charge is 2.48. The second kappa shape index (κ2) is 23.5. The summed E-state index contributed by atoms with van der Waals surface area (Å²) in [5, 5.41) is 14.5. The zero-order valence-corrected chi connectivity index (χ0v) is 63.6. The maximum Gasteiger partial charge on any atom is 0.264 e. The Morgan fingerprint density at radius 3 is 1.40 bits per heavy atom. The maximum absolute atomic E-state index is 12.1. The van der Waals surface area contributed by atoms with Crippen LogP contribution in [0.5, 0.6) is 0 Å². The summed E-state index contributed by atoms with van der Waals surface area (Å²) in [6.45, 7) is 27.3. The van der Waals surface area contributed by atoms with Gasteiger partial charge in [0.2, 0.25) is 0 Å². The van der Waals surface area contributed by atoms with E-state index in [0.29, 0.717) is 16.8 Å². The molecule has 0 atom stereocenters. The van der Waals surface area contributed by atoms with Gasteiger partial charge in [0.1, 0.15) is 0 Å². The highest BCUT2D eigenvalue weighted by molar-refractivity contribution is 7.33. The van der Waals surface area contributed by atoms with Gasteiger partial charge in [-0.3, -0.25) is 0 Å². The van der Waals surface area contributed by atoms with E-state index in [-0.39, 0.29) is 34.4 Å². The van der Waals surface area contributed by atoms with Gasteiger partial charge in [0.25, 0.3) is 6.71 Å². The molecule has 107 heavy (non-hydrogen) atoms. The normalized spacial score (nSPS) is 13.8. The average molecular weight is 1400 g/mol. The van der Waals surface area contributed by atoms with Crippen molar-refractivity contribution in [3.8, 4) is 50.2 Å². The van der Waals surface area contributed by atoms with Gasteiger partial charge in [-0.05, 0) is 192 Å². The second-order valence-electron chi connectivity index (χ2n) is 34.2. The van der Waals surface area contributed by atoms with E-state index in [1.54, 1.807) is 0 Å². The smallest absolute Gasteiger partial charge is 0.264 e. The Kier molecular flexibility index (Phi) is 13.6. The van der Waals surface area contributed by atoms with Crippen LogP contribution in [0.3, 0.4) is 0 Å². The third kappa shape index (κ3) is 10.1. The Hall–Kier alpha value is -11.5. The van der Waals surface area contributed by atoms with Gasteiger partial charge >= 0.3 is 0 Å². The number of hydrogen-bond donors (Lipinski definition) is 0. The largest absolute Gasteiger partial charge is 0.310 e. The molecule has 2 aliphatic heterocycles. The molecule has 0 unspecified atom stereocenters. The Balaban J connectivity index is 1.02. The molecule has 2 aliphatic rings. The first-order valence-corrected chi connectivity index (χ1v) is 38.7. The summed E-state index contributed by atoms with van der Waals surface area (Å²) in [4.78, 5) is 5.15. The van der Waals surface area contributed by atoms with E-state index < -0.39 is 12.1 Å². The second-order valence-corrected chi connectivity index (χ2v) is 35.2. The van der Waals surface area contributed by atoms with Crippen molar-refractivity contribution in [1.29, 1.82) is 0 Å². The number of nitrogens with zero attached hydrogens (tertiary/aromatic N) is 3. The lowest BCUT2D eigenvalue weighted by molar-refractivity contribution is 0.590. The molecule has 16 aromatic carbocycles. The summed E-state index contributed by atoms with van der Waals surface area (Å²) >= 11 is 1.82. The van der Waals surface area contributed by atoms with Crippen LogP contribution in [0.25, 0.3) is 136 Å². The maximum atomic E-state index is 12.1. The van der Waals surface area contributed by atoms with Gasteiger partial charge in [0, 0.05) is 76.0 Å². The predicted octanol–water partition coefficient (Wildman–Crippen LogP) is 27.1. The van der Waals surface area contributed by atoms with Crippen LogP contribution in [0.15, 0.2) is 291 Å². The fourth-order valence-electron chi connectivity index (χ4n) is 17.8. The summed E-state index contributed by atoms with van der Waals surface area (Å²) in [5.74, 6) is 0. The molecule has 0 aliphatic carbocycles. The van der Waals surface area contributed by atoms with Crippen molar-refractivity contribution in [1.82, 2.24) is 4.57 Å². The SMILES string of the molecule is [2H]c1c([2H])c(-n2c3ccccc3c3cc4ccc5cccc6ccc(c4c56)c32)c([2H])c2c1B1c3sc4cc(C(C)(C)C)ccc4c3N(c3c(-c4ccccc4)cc(C(C)(C)C)cc3-c3cccc4ccccc34)c3cc(C(C)(C)C)cc(c31)N2c1c(-c2ccccc2)cc(C(C)(C)C)cc1-c1cccc2ccccc12. The monoisotopic (exact) mass is 1400 g/mol. The Morgan fingerprint density at radius 1 is 0.327 bits per heavy atom. The lowest BCUT2D eigenvalue weighted by Crippen LogP contribution is -2.60. The summed E-state index contributed by atoms with van der Waals surface area (Å²) in [6, 6.07) is 102. The van der Waals surface area contributed by atoms with Crippen LogP contribution < -0.4 is 25.5 Å². The van der Waals surface area contributed by atoms with E-state index in [1.165, 1.54) is 16.5 Å². The van der Waals surface area contributed by atoms with Crippen LogP contribution in [0.2, 0.25) is 0 Å². The van der Waals surface area contributed by atoms with Crippen LogP contribution in [0.4, 0.5) is 34.1 Å². The molecular formula is C102H84BN3S. The topological polar surface area (TPSA) is 11.4 Å². The lowest BCUT2D eigenvalue weighted by Gasteiger charge is -2.46. The molecule has 5 heteroatoms. The van der Waals surface area contributed by atoms with Crippen LogP contribution >= 0.6 is 11.3 Å². The summed E-state index contributed by atoms with van der Waals surface area (Å²) in [7, 11) is 0. The minimum Gasteiger partial charge on any atom is -0.310 e. The van der Waals surface area contributed by atoms with E-state index in [4.69, 9.17) is 0 Å². The van der Waals surface area contributed by atoms with Crippen molar-refractivity contribution in [2.45, 2.75) is 105 Å². The molecule has 0 saturated carbocycles. The molecule has 0 N–H and O–H groups in total. The van der Waals surface area contributed by atoms with Crippen LogP contribution in [0, 0.1) is 0 Å². The zero-order valence-electron chi connectivity index (χ0n) is 65.8. The van der Waals surface area contributed by atoms with Crippen molar-refractivity contribution in [3.05, 3.63) is 313 Å². The molecule has 0 spiro atoms. The fourth-order valence-corrected chi connectivity index (χ4v) is 19.2. The minimum atomic E-state index is -0.655. The molecular weight excluding hydrogens is 1310 g/mol. The standard InChI is InChI=1S/C102H84BN3S/c1-99(2,3)68-47-50-78-90(59-68)107-98-97(78)106(96-81(64-30-17-14-18-31-64)54-70(101(7,8)9)56-84(96)76-42-27-35-62-33-20-22-39-74(62)76)89-58-71(102(10,11)12)57-88-93(89)103(98)85-51-48-72(104-86-43-24-23-40-77(86)82-52-67-45-44-65-36-25-37-66-46-49-79(94(82)104)92(67)91(65)66)60-87(85)105(88)95-80(63-28-15-13-16-29-63)53-69(100(4,5)6)55-83(95)75-41-26-34-61-32-19-21-38-73(61)75/h13-60H,1-12H3/i48D,51D,60D. The Bertz CT molecular complexity index is 6910. The van der Waals surface area contributed by atoms with Gasteiger partial charge in [-0.15, -0.1) is 11.3 Å². The Labute approximate surface area is 636 Å². The van der Waals surface area contributed by atoms with Crippen LogP contribution in [-0.2, 0) is 21.7 Å². The van der Waals surface area contributed by atoms with Crippen molar-refractivity contribution in [2.75, 3.05) is 9.80 Å². The number of thiophene rings is 1. The highest BCUT2D eigenvalue weighted by atomic mass is 32.1. The lowest BCUT2D eigenvalue weighted by atomic mass is 9.36. The number of aromatic nitrogens is 1. The zero-order chi connectivity index (χ0) is 75.5. The fraction of sp³-hybridized carbons (Fsp3) is 0.157. The van der Waals surface area contributed by atoms with Crippen molar-refractivity contribution >= 4 is 154 Å². The molecule has 0 radical (unpaired) electrons. The van der Waals surface area contributed by atoms with Gasteiger partial charge in [0.15, 0.2) is 0 Å². The number of benzene rings is 16. The molecule has 0 bridgehead atoms. The van der Waals surface area contributed by atoms with E-state index in [0.717, 1.165) is 175 Å². The number of fused-ring (bicyclic) bond motifs is 12. The number of rotatable bonds is 7. The Morgan fingerprint density at radius 2 is 0.804 bits per heavy atom. The van der Waals surface area contributed by atoms with E-state index >= 15 is 0 Å². The van der Waals surface area contributed by atoms with Crippen molar-refractivity contribution in [2.24, 2.45) is 0 Å². The molecule has 0 amide bonds. The first-order chi connectivity index (χ1) is 52.9. The van der Waals surface area contributed by atoms with Crippen molar-refractivity contribution in [3.63, 3.8) is 0 Å². The first-order valence-electron chi connectivity index (χ1n) is 39.4. The molecule has 3 nitrogen and oxygen atoms in total.